The molecule has 2 saturated heterocycles. The zero-order valence-corrected chi connectivity index (χ0v) is 8.58. The standard InChI is InChI=1S/C10H18N2O2/c1-7-2-3-9(14-7)10(13)12-6-8-4-11-5-8/h7-9,11H,2-6H2,1H3,(H,12,13). The van der Waals surface area contributed by atoms with Crippen molar-refractivity contribution in [2.24, 2.45) is 5.92 Å². The lowest BCUT2D eigenvalue weighted by Gasteiger charge is -2.27. The predicted molar refractivity (Wildman–Crippen MR) is 52.9 cm³/mol. The van der Waals surface area contributed by atoms with E-state index in [0.717, 1.165) is 32.5 Å². The second-order valence-corrected chi connectivity index (χ2v) is 4.28. The van der Waals surface area contributed by atoms with Crippen molar-refractivity contribution in [3.8, 4) is 0 Å². The molecule has 2 aliphatic heterocycles. The van der Waals surface area contributed by atoms with Gasteiger partial charge >= 0.3 is 0 Å². The number of amides is 1. The molecular formula is C10H18N2O2. The van der Waals surface area contributed by atoms with Crippen LogP contribution in [-0.2, 0) is 9.53 Å². The highest BCUT2D eigenvalue weighted by Crippen LogP contribution is 2.18. The molecule has 2 unspecified atom stereocenters. The lowest BCUT2D eigenvalue weighted by molar-refractivity contribution is -0.131. The van der Waals surface area contributed by atoms with E-state index in [2.05, 4.69) is 10.6 Å². The normalized spacial score (nSPS) is 32.6. The molecule has 2 atom stereocenters. The van der Waals surface area contributed by atoms with E-state index in [-0.39, 0.29) is 18.1 Å². The summed E-state index contributed by atoms with van der Waals surface area (Å²) in [5.74, 6) is 0.694. The number of rotatable bonds is 3. The molecule has 2 rings (SSSR count). The van der Waals surface area contributed by atoms with E-state index < -0.39 is 0 Å². The maximum absolute atomic E-state index is 11.6. The first-order valence-corrected chi connectivity index (χ1v) is 5.39. The number of hydrogen-bond donors (Lipinski definition) is 2. The second kappa shape index (κ2) is 4.28. The third-order valence-electron chi connectivity index (χ3n) is 2.96. The smallest absolute Gasteiger partial charge is 0.249 e. The van der Waals surface area contributed by atoms with Crippen LogP contribution in [0.15, 0.2) is 0 Å². The van der Waals surface area contributed by atoms with E-state index in [9.17, 15) is 4.79 Å². The summed E-state index contributed by atoms with van der Waals surface area (Å²) in [5, 5.41) is 6.12. The third-order valence-corrected chi connectivity index (χ3v) is 2.96. The minimum atomic E-state index is -0.196. The molecule has 4 heteroatoms. The van der Waals surface area contributed by atoms with Crippen LogP contribution in [0.4, 0.5) is 0 Å². The predicted octanol–water partition coefficient (Wildman–Crippen LogP) is -0.110. The number of carbonyl (C=O) groups is 1. The zero-order valence-electron chi connectivity index (χ0n) is 8.58. The fourth-order valence-corrected chi connectivity index (χ4v) is 1.85. The van der Waals surface area contributed by atoms with Gasteiger partial charge in [0.25, 0.3) is 0 Å². The van der Waals surface area contributed by atoms with Crippen LogP contribution in [0, 0.1) is 5.92 Å². The lowest BCUT2D eigenvalue weighted by atomic mass is 10.0. The summed E-state index contributed by atoms with van der Waals surface area (Å²) in [6.07, 6.45) is 1.92. The molecule has 0 aliphatic carbocycles. The minimum Gasteiger partial charge on any atom is -0.365 e. The number of nitrogens with one attached hydrogen (secondary N) is 2. The Morgan fingerprint density at radius 2 is 2.29 bits per heavy atom. The fraction of sp³-hybridized carbons (Fsp3) is 0.900. The molecule has 0 aromatic heterocycles. The van der Waals surface area contributed by atoms with Crippen LogP contribution in [-0.4, -0.2) is 37.7 Å². The summed E-state index contributed by atoms with van der Waals surface area (Å²) in [4.78, 5) is 11.6. The summed E-state index contributed by atoms with van der Waals surface area (Å²) < 4.78 is 5.48. The Kier molecular flexibility index (Phi) is 3.03. The first-order valence-electron chi connectivity index (χ1n) is 5.39. The van der Waals surface area contributed by atoms with Gasteiger partial charge in [-0.2, -0.15) is 0 Å². The summed E-state index contributed by atoms with van der Waals surface area (Å²) in [6, 6.07) is 0. The highest BCUT2D eigenvalue weighted by atomic mass is 16.5. The Bertz CT molecular complexity index is 216. The first-order chi connectivity index (χ1) is 6.75. The Hall–Kier alpha value is -0.610. The highest BCUT2D eigenvalue weighted by molar-refractivity contribution is 5.81. The molecule has 14 heavy (non-hydrogen) atoms. The van der Waals surface area contributed by atoms with Crippen molar-refractivity contribution < 1.29 is 9.53 Å². The van der Waals surface area contributed by atoms with Gasteiger partial charge in [0, 0.05) is 25.6 Å². The quantitative estimate of drug-likeness (QED) is 0.665. The molecule has 2 fully saturated rings. The van der Waals surface area contributed by atoms with Crippen molar-refractivity contribution in [1.29, 1.82) is 0 Å². The Labute approximate surface area is 84.4 Å². The molecule has 2 heterocycles. The monoisotopic (exact) mass is 198 g/mol. The molecule has 0 bridgehead atoms. The van der Waals surface area contributed by atoms with E-state index in [1.165, 1.54) is 0 Å². The molecule has 0 aromatic rings. The van der Waals surface area contributed by atoms with Crippen LogP contribution < -0.4 is 10.6 Å². The van der Waals surface area contributed by atoms with Crippen LogP contribution >= 0.6 is 0 Å². The largest absolute Gasteiger partial charge is 0.365 e. The van der Waals surface area contributed by atoms with Crippen LogP contribution in [0.3, 0.4) is 0 Å². The van der Waals surface area contributed by atoms with Gasteiger partial charge < -0.3 is 15.4 Å². The summed E-state index contributed by atoms with van der Waals surface area (Å²) >= 11 is 0. The number of ether oxygens (including phenoxy) is 1. The fourth-order valence-electron chi connectivity index (χ4n) is 1.85. The van der Waals surface area contributed by atoms with Gasteiger partial charge in [0.05, 0.1) is 6.10 Å². The van der Waals surface area contributed by atoms with Crippen LogP contribution in [0.1, 0.15) is 19.8 Å². The topological polar surface area (TPSA) is 50.4 Å². The first kappa shape index (κ1) is 9.93. The van der Waals surface area contributed by atoms with Crippen LogP contribution in [0.5, 0.6) is 0 Å². The van der Waals surface area contributed by atoms with Gasteiger partial charge in [-0.25, -0.2) is 0 Å². The number of hydrogen-bond acceptors (Lipinski definition) is 3. The Morgan fingerprint density at radius 1 is 1.50 bits per heavy atom. The van der Waals surface area contributed by atoms with E-state index in [1.54, 1.807) is 0 Å². The van der Waals surface area contributed by atoms with Crippen LogP contribution in [0.25, 0.3) is 0 Å². The summed E-state index contributed by atoms with van der Waals surface area (Å²) in [6.45, 7) is 4.87. The Morgan fingerprint density at radius 3 is 2.79 bits per heavy atom. The van der Waals surface area contributed by atoms with Crippen molar-refractivity contribution in [2.75, 3.05) is 19.6 Å². The average Bonchev–Trinajstić information content (AvgIpc) is 2.49. The van der Waals surface area contributed by atoms with Crippen molar-refractivity contribution >= 4 is 5.91 Å². The summed E-state index contributed by atoms with van der Waals surface area (Å²) in [7, 11) is 0. The third kappa shape index (κ3) is 2.25. The number of carbonyl (C=O) groups excluding carboxylic acids is 1. The second-order valence-electron chi connectivity index (χ2n) is 4.28. The molecular weight excluding hydrogens is 180 g/mol. The van der Waals surface area contributed by atoms with E-state index >= 15 is 0 Å². The zero-order chi connectivity index (χ0) is 9.97. The Balaban J connectivity index is 1.67. The molecule has 0 saturated carbocycles. The summed E-state index contributed by atoms with van der Waals surface area (Å²) in [5.41, 5.74) is 0. The van der Waals surface area contributed by atoms with Crippen molar-refractivity contribution in [1.82, 2.24) is 10.6 Å². The molecule has 2 aliphatic rings. The van der Waals surface area contributed by atoms with Gasteiger partial charge in [-0.3, -0.25) is 4.79 Å². The van der Waals surface area contributed by atoms with E-state index in [1.807, 2.05) is 6.92 Å². The average molecular weight is 198 g/mol. The minimum absolute atomic E-state index is 0.0706. The maximum Gasteiger partial charge on any atom is 0.249 e. The van der Waals surface area contributed by atoms with E-state index in [4.69, 9.17) is 4.74 Å². The van der Waals surface area contributed by atoms with Crippen LogP contribution in [0.2, 0.25) is 0 Å². The van der Waals surface area contributed by atoms with Gasteiger partial charge in [0.15, 0.2) is 0 Å². The van der Waals surface area contributed by atoms with E-state index in [0.29, 0.717) is 5.92 Å². The van der Waals surface area contributed by atoms with Crippen molar-refractivity contribution in [3.05, 3.63) is 0 Å². The van der Waals surface area contributed by atoms with Crippen molar-refractivity contribution in [2.45, 2.75) is 32.0 Å². The molecule has 0 aromatic carbocycles. The van der Waals surface area contributed by atoms with Gasteiger partial charge in [-0.15, -0.1) is 0 Å². The van der Waals surface area contributed by atoms with Gasteiger partial charge in [0.1, 0.15) is 6.10 Å². The highest BCUT2D eigenvalue weighted by Gasteiger charge is 2.28. The van der Waals surface area contributed by atoms with Gasteiger partial charge in [-0.1, -0.05) is 0 Å². The molecule has 0 radical (unpaired) electrons. The van der Waals surface area contributed by atoms with Gasteiger partial charge in [0.2, 0.25) is 5.91 Å². The molecule has 4 nitrogen and oxygen atoms in total. The molecule has 0 spiro atoms. The molecule has 2 N–H and O–H groups in total. The van der Waals surface area contributed by atoms with Crippen molar-refractivity contribution in [3.63, 3.8) is 0 Å². The molecule has 1 amide bonds. The molecule has 80 valence electrons. The maximum atomic E-state index is 11.6. The van der Waals surface area contributed by atoms with Gasteiger partial charge in [-0.05, 0) is 19.8 Å². The SMILES string of the molecule is CC1CCC(C(=O)NCC2CNC2)O1. The lowest BCUT2D eigenvalue weighted by Crippen LogP contribution is -2.49.